The smallest absolute Gasteiger partial charge is 0.0691 e. The summed E-state index contributed by atoms with van der Waals surface area (Å²) < 4.78 is 5.26. The zero-order valence-electron chi connectivity index (χ0n) is 14.8. The standard InChI is InChI=1S/C19H34OP2/c1-17(2)11-9-13-19(4)15-10-14-18(3)12-7-5-6-8-16-20-22-21/h6,8,11-12,15,22H,5,7,9-10,13-14,16,21H2,1-4H3. The van der Waals surface area contributed by atoms with E-state index in [1.807, 2.05) is 0 Å². The first-order valence-corrected chi connectivity index (χ1v) is 10.9. The van der Waals surface area contributed by atoms with Crippen LogP contribution in [0.3, 0.4) is 0 Å². The summed E-state index contributed by atoms with van der Waals surface area (Å²) in [5.41, 5.74) is 4.44. The monoisotopic (exact) mass is 340 g/mol. The van der Waals surface area contributed by atoms with Gasteiger partial charge in [0.2, 0.25) is 0 Å². The molecule has 22 heavy (non-hydrogen) atoms. The second-order valence-corrected chi connectivity index (χ2v) is 7.17. The first-order valence-electron chi connectivity index (χ1n) is 8.23. The number of unbranched alkanes of at least 4 members (excludes halogenated alkanes) is 1. The van der Waals surface area contributed by atoms with Crippen molar-refractivity contribution >= 4 is 17.4 Å². The van der Waals surface area contributed by atoms with Crippen molar-refractivity contribution in [3.05, 3.63) is 47.1 Å². The Morgan fingerprint density at radius 2 is 1.41 bits per heavy atom. The van der Waals surface area contributed by atoms with Crippen LogP contribution in [0.15, 0.2) is 47.1 Å². The highest BCUT2D eigenvalue weighted by Gasteiger charge is 1.92. The molecule has 0 bridgehead atoms. The summed E-state index contributed by atoms with van der Waals surface area (Å²) in [6.07, 6.45) is 18.4. The molecule has 0 N–H and O–H groups in total. The Kier molecular flexibility index (Phi) is 15.5. The Hall–Kier alpha value is -0.220. The third kappa shape index (κ3) is 16.2. The lowest BCUT2D eigenvalue weighted by Gasteiger charge is -2.01. The summed E-state index contributed by atoms with van der Waals surface area (Å²) in [5, 5.41) is 0. The van der Waals surface area contributed by atoms with Crippen LogP contribution in [0.1, 0.15) is 66.2 Å². The molecule has 0 spiro atoms. The lowest BCUT2D eigenvalue weighted by molar-refractivity contribution is 0.423. The van der Waals surface area contributed by atoms with Crippen LogP contribution in [0.5, 0.6) is 0 Å². The molecule has 2 atom stereocenters. The second-order valence-electron chi connectivity index (χ2n) is 5.94. The average molecular weight is 340 g/mol. The van der Waals surface area contributed by atoms with Crippen molar-refractivity contribution in [1.82, 2.24) is 0 Å². The summed E-state index contributed by atoms with van der Waals surface area (Å²) in [7, 11) is 3.10. The van der Waals surface area contributed by atoms with Crippen LogP contribution in [0.2, 0.25) is 0 Å². The zero-order chi connectivity index (χ0) is 16.6. The van der Waals surface area contributed by atoms with Crippen molar-refractivity contribution in [3.63, 3.8) is 0 Å². The van der Waals surface area contributed by atoms with Crippen molar-refractivity contribution < 1.29 is 4.52 Å². The molecule has 0 aliphatic carbocycles. The molecular weight excluding hydrogens is 306 g/mol. The van der Waals surface area contributed by atoms with Gasteiger partial charge in [0, 0.05) is 8.50 Å². The van der Waals surface area contributed by atoms with Crippen molar-refractivity contribution in [3.8, 4) is 0 Å². The minimum Gasteiger partial charge on any atom is -0.354 e. The van der Waals surface area contributed by atoms with Gasteiger partial charge in [-0.25, -0.2) is 0 Å². The van der Waals surface area contributed by atoms with Crippen LogP contribution in [0.25, 0.3) is 0 Å². The van der Waals surface area contributed by atoms with Gasteiger partial charge in [-0.3, -0.25) is 0 Å². The second kappa shape index (κ2) is 15.7. The maximum absolute atomic E-state index is 5.26. The van der Waals surface area contributed by atoms with E-state index in [2.05, 4.69) is 67.0 Å². The van der Waals surface area contributed by atoms with E-state index in [-0.39, 0.29) is 0 Å². The van der Waals surface area contributed by atoms with Gasteiger partial charge >= 0.3 is 0 Å². The van der Waals surface area contributed by atoms with E-state index in [9.17, 15) is 0 Å². The van der Waals surface area contributed by atoms with E-state index >= 15 is 0 Å². The largest absolute Gasteiger partial charge is 0.354 e. The van der Waals surface area contributed by atoms with Gasteiger partial charge in [0.05, 0.1) is 6.61 Å². The van der Waals surface area contributed by atoms with Crippen molar-refractivity contribution in [2.24, 2.45) is 0 Å². The van der Waals surface area contributed by atoms with E-state index < -0.39 is 0 Å². The van der Waals surface area contributed by atoms with Crippen LogP contribution in [-0.4, -0.2) is 6.61 Å². The fourth-order valence-corrected chi connectivity index (χ4v) is 2.53. The van der Waals surface area contributed by atoms with Crippen LogP contribution in [-0.2, 0) is 4.52 Å². The van der Waals surface area contributed by atoms with Gasteiger partial charge in [-0.1, -0.05) is 56.0 Å². The predicted octanol–water partition coefficient (Wildman–Crippen LogP) is 7.14. The van der Waals surface area contributed by atoms with Gasteiger partial charge in [0.1, 0.15) is 0 Å². The molecule has 0 rings (SSSR count). The molecule has 0 heterocycles. The molecule has 0 aromatic heterocycles. The normalized spacial score (nSPS) is 13.5. The molecule has 0 fully saturated rings. The highest BCUT2D eigenvalue weighted by molar-refractivity contribution is 8.00. The minimum atomic E-state index is 0.506. The number of hydrogen-bond acceptors (Lipinski definition) is 1. The highest BCUT2D eigenvalue weighted by atomic mass is 32.0. The van der Waals surface area contributed by atoms with Crippen LogP contribution in [0.4, 0.5) is 0 Å². The summed E-state index contributed by atoms with van der Waals surface area (Å²) >= 11 is 0. The molecule has 0 saturated heterocycles. The molecule has 126 valence electrons. The van der Waals surface area contributed by atoms with Gasteiger partial charge in [0.15, 0.2) is 0 Å². The third-order valence-corrected chi connectivity index (χ3v) is 4.21. The Labute approximate surface area is 142 Å². The molecule has 0 aromatic rings. The lowest BCUT2D eigenvalue weighted by atomic mass is 10.1. The average Bonchev–Trinajstić information content (AvgIpc) is 2.46. The van der Waals surface area contributed by atoms with E-state index in [4.69, 9.17) is 4.52 Å². The molecule has 0 aromatic carbocycles. The van der Waals surface area contributed by atoms with E-state index in [1.165, 1.54) is 42.4 Å². The molecule has 0 amide bonds. The lowest BCUT2D eigenvalue weighted by Crippen LogP contribution is -1.81. The van der Waals surface area contributed by atoms with Gasteiger partial charge in [-0.05, 0) is 66.2 Å². The summed E-state index contributed by atoms with van der Waals surface area (Å²) in [4.78, 5) is 0. The SMILES string of the molecule is CC(C)=CCCC(C)=CCCC(C)=CCCC=CCOPP. The Balaban J connectivity index is 3.78. The predicted molar refractivity (Wildman–Crippen MR) is 108 cm³/mol. The maximum Gasteiger partial charge on any atom is 0.0691 e. The zero-order valence-corrected chi connectivity index (χ0v) is 17.0. The molecule has 2 unspecified atom stereocenters. The molecule has 0 aliphatic heterocycles. The van der Waals surface area contributed by atoms with Gasteiger partial charge < -0.3 is 4.52 Å². The fraction of sp³-hybridized carbons (Fsp3) is 0.579. The van der Waals surface area contributed by atoms with Crippen molar-refractivity contribution in [2.45, 2.75) is 66.2 Å². The van der Waals surface area contributed by atoms with E-state index in [1.54, 1.807) is 0 Å². The molecule has 0 radical (unpaired) electrons. The minimum absolute atomic E-state index is 0.506. The maximum atomic E-state index is 5.26. The first-order chi connectivity index (χ1) is 10.6. The van der Waals surface area contributed by atoms with E-state index in [0.29, 0.717) is 8.50 Å². The Morgan fingerprint density at radius 1 is 0.818 bits per heavy atom. The van der Waals surface area contributed by atoms with Crippen LogP contribution in [0, 0.1) is 0 Å². The van der Waals surface area contributed by atoms with Gasteiger partial charge in [0.25, 0.3) is 0 Å². The number of rotatable bonds is 12. The number of allylic oxidation sites excluding steroid dienone is 7. The van der Waals surface area contributed by atoms with E-state index in [0.717, 1.165) is 19.4 Å². The summed E-state index contributed by atoms with van der Waals surface area (Å²) in [5.74, 6) is 0. The van der Waals surface area contributed by atoms with Gasteiger partial charge in [-0.15, -0.1) is 0 Å². The third-order valence-electron chi connectivity index (χ3n) is 3.38. The number of hydrogen-bond donors (Lipinski definition) is 0. The highest BCUT2D eigenvalue weighted by Crippen LogP contribution is 2.20. The summed E-state index contributed by atoms with van der Waals surface area (Å²) in [6.45, 7) is 9.56. The van der Waals surface area contributed by atoms with Crippen molar-refractivity contribution in [2.75, 3.05) is 6.61 Å². The molecule has 0 saturated carbocycles. The molecule has 1 nitrogen and oxygen atoms in total. The van der Waals surface area contributed by atoms with Crippen molar-refractivity contribution in [1.29, 1.82) is 0 Å². The summed E-state index contributed by atoms with van der Waals surface area (Å²) in [6, 6.07) is 0. The fourth-order valence-electron chi connectivity index (χ4n) is 2.05. The Morgan fingerprint density at radius 3 is 2.00 bits per heavy atom. The molecular formula is C19H34OP2. The molecule has 0 aliphatic rings. The van der Waals surface area contributed by atoms with Crippen LogP contribution < -0.4 is 0 Å². The van der Waals surface area contributed by atoms with Gasteiger partial charge in [-0.2, -0.15) is 0 Å². The molecule has 3 heteroatoms. The topological polar surface area (TPSA) is 9.23 Å². The van der Waals surface area contributed by atoms with Crippen LogP contribution >= 0.6 is 17.4 Å². The quantitative estimate of drug-likeness (QED) is 0.208. The Bertz CT molecular complexity index is 388. The first kappa shape index (κ1) is 21.8.